The van der Waals surface area contributed by atoms with E-state index in [0.717, 1.165) is 11.1 Å². The predicted molar refractivity (Wildman–Crippen MR) is 113 cm³/mol. The molecule has 0 spiro atoms. The largest absolute Gasteiger partial charge is 0.382 e. The Bertz CT molecular complexity index is 766. The molecular weight excluding hydrogens is 384 g/mol. The first-order chi connectivity index (χ1) is 14.0. The summed E-state index contributed by atoms with van der Waals surface area (Å²) in [5, 5.41) is 19.5. The number of benzene rings is 2. The van der Waals surface area contributed by atoms with Crippen LogP contribution in [0, 0.1) is 0 Å². The summed E-state index contributed by atoms with van der Waals surface area (Å²) in [6, 6.07) is 13.9. The summed E-state index contributed by atoms with van der Waals surface area (Å²) in [7, 11) is 0. The molecule has 2 aromatic rings. The van der Waals surface area contributed by atoms with Gasteiger partial charge in [-0.25, -0.2) is 0 Å². The summed E-state index contributed by atoms with van der Waals surface area (Å²) >= 11 is 0. The molecule has 6 nitrogen and oxygen atoms in total. The van der Waals surface area contributed by atoms with Crippen LogP contribution in [0.3, 0.4) is 0 Å². The quantitative estimate of drug-likeness (QED) is 0.433. The zero-order valence-electron chi connectivity index (χ0n) is 18.0. The van der Waals surface area contributed by atoms with Crippen LogP contribution in [0.2, 0.25) is 0 Å². The third-order valence-electron chi connectivity index (χ3n) is 4.45. The topological polar surface area (TPSA) is 93.1 Å². The van der Waals surface area contributed by atoms with E-state index in [1.807, 2.05) is 0 Å². The van der Waals surface area contributed by atoms with Crippen LogP contribution in [0.1, 0.15) is 59.5 Å². The van der Waals surface area contributed by atoms with Gasteiger partial charge in [-0.05, 0) is 38.8 Å². The van der Waals surface area contributed by atoms with Crippen molar-refractivity contribution in [2.24, 2.45) is 0 Å². The van der Waals surface area contributed by atoms with Gasteiger partial charge in [0.2, 0.25) is 0 Å². The maximum absolute atomic E-state index is 12.0. The Hall–Kier alpha value is -2.38. The highest BCUT2D eigenvalue weighted by Crippen LogP contribution is 2.15. The number of carbonyl (C=O) groups is 2. The van der Waals surface area contributed by atoms with Gasteiger partial charge >= 0.3 is 0 Å². The number of carbonyl (C=O) groups excluding carboxylic acids is 2. The summed E-state index contributed by atoms with van der Waals surface area (Å²) in [4.78, 5) is 24.0. The van der Waals surface area contributed by atoms with E-state index in [0.29, 0.717) is 37.6 Å². The van der Waals surface area contributed by atoms with Gasteiger partial charge in [-0.2, -0.15) is 0 Å². The van der Waals surface area contributed by atoms with Gasteiger partial charge in [0.1, 0.15) is 11.2 Å². The van der Waals surface area contributed by atoms with E-state index in [-0.39, 0.29) is 11.6 Å². The maximum atomic E-state index is 12.0. The second kappa shape index (κ2) is 10.1. The zero-order valence-corrected chi connectivity index (χ0v) is 18.0. The average Bonchev–Trinajstić information content (AvgIpc) is 2.69. The first-order valence-electron chi connectivity index (χ1n) is 9.86. The van der Waals surface area contributed by atoms with Crippen LogP contribution in [0.4, 0.5) is 0 Å². The van der Waals surface area contributed by atoms with E-state index in [1.165, 1.54) is 27.7 Å². The highest BCUT2D eigenvalue weighted by atomic mass is 16.5. The molecule has 0 aliphatic rings. The van der Waals surface area contributed by atoms with Crippen molar-refractivity contribution in [1.29, 1.82) is 0 Å². The fourth-order valence-electron chi connectivity index (χ4n) is 2.71. The minimum atomic E-state index is -1.39. The molecule has 0 unspecified atom stereocenters. The van der Waals surface area contributed by atoms with E-state index >= 15 is 0 Å². The number of rotatable bonds is 11. The SMILES string of the molecule is CC(C)(O)C(=O)c1ccc(COCCOCc2ccc(C(=O)C(C)(C)O)cc2)cc1. The smallest absolute Gasteiger partial charge is 0.193 e. The number of hydrogen-bond donors (Lipinski definition) is 2. The molecule has 2 aromatic carbocycles. The Morgan fingerprint density at radius 2 is 0.967 bits per heavy atom. The monoisotopic (exact) mass is 414 g/mol. The lowest BCUT2D eigenvalue weighted by atomic mass is 9.96. The third-order valence-corrected chi connectivity index (χ3v) is 4.45. The molecule has 30 heavy (non-hydrogen) atoms. The molecular formula is C24H30O6. The first kappa shape index (κ1) is 23.9. The standard InChI is InChI=1S/C24H30O6/c1-23(2,27)21(25)19-9-5-17(6-10-19)15-29-13-14-30-16-18-7-11-20(12-8-18)22(26)24(3,4)28/h5-12,27-28H,13-16H2,1-4H3. The predicted octanol–water partition coefficient (Wildman–Crippen LogP) is 3.33. The van der Waals surface area contributed by atoms with E-state index in [1.54, 1.807) is 48.5 Å². The van der Waals surface area contributed by atoms with Crippen LogP contribution in [-0.2, 0) is 22.7 Å². The number of ether oxygens (including phenoxy) is 2. The first-order valence-corrected chi connectivity index (χ1v) is 9.86. The van der Waals surface area contributed by atoms with Gasteiger partial charge in [0.25, 0.3) is 0 Å². The van der Waals surface area contributed by atoms with E-state index < -0.39 is 11.2 Å². The van der Waals surface area contributed by atoms with Crippen molar-refractivity contribution in [3.05, 3.63) is 70.8 Å². The molecule has 0 aliphatic carbocycles. The summed E-state index contributed by atoms with van der Waals surface area (Å²) in [5.74, 6) is -0.637. The third kappa shape index (κ3) is 7.15. The van der Waals surface area contributed by atoms with E-state index in [9.17, 15) is 19.8 Å². The second-order valence-corrected chi connectivity index (χ2v) is 8.28. The maximum Gasteiger partial charge on any atom is 0.193 e. The Balaban J connectivity index is 1.69. The summed E-state index contributed by atoms with van der Waals surface area (Å²) in [5.41, 5.74) is -0.000212. The summed E-state index contributed by atoms with van der Waals surface area (Å²) in [6.45, 7) is 7.50. The Kier molecular flexibility index (Phi) is 8.03. The van der Waals surface area contributed by atoms with Crippen LogP contribution < -0.4 is 0 Å². The van der Waals surface area contributed by atoms with Crippen molar-refractivity contribution in [3.63, 3.8) is 0 Å². The highest BCUT2D eigenvalue weighted by Gasteiger charge is 2.25. The summed E-state index contributed by atoms with van der Waals surface area (Å²) in [6.07, 6.45) is 0. The molecule has 2 rings (SSSR count). The van der Waals surface area contributed by atoms with Gasteiger partial charge in [-0.3, -0.25) is 9.59 Å². The molecule has 0 aliphatic heterocycles. The van der Waals surface area contributed by atoms with Gasteiger partial charge in [-0.15, -0.1) is 0 Å². The molecule has 0 heterocycles. The van der Waals surface area contributed by atoms with Crippen molar-refractivity contribution in [2.75, 3.05) is 13.2 Å². The van der Waals surface area contributed by atoms with E-state index in [2.05, 4.69) is 0 Å². The van der Waals surface area contributed by atoms with Gasteiger partial charge < -0.3 is 19.7 Å². The highest BCUT2D eigenvalue weighted by molar-refractivity contribution is 6.02. The van der Waals surface area contributed by atoms with Gasteiger partial charge in [0, 0.05) is 11.1 Å². The summed E-state index contributed by atoms with van der Waals surface area (Å²) < 4.78 is 11.2. The second-order valence-electron chi connectivity index (χ2n) is 8.28. The molecule has 0 saturated heterocycles. The van der Waals surface area contributed by atoms with Crippen LogP contribution in [0.25, 0.3) is 0 Å². The molecule has 0 saturated carbocycles. The Morgan fingerprint density at radius 3 is 1.23 bits per heavy atom. The van der Waals surface area contributed by atoms with Gasteiger partial charge in [-0.1, -0.05) is 48.5 Å². The molecule has 6 heteroatoms. The van der Waals surface area contributed by atoms with Crippen molar-refractivity contribution in [3.8, 4) is 0 Å². The molecule has 0 radical (unpaired) electrons. The normalized spacial score (nSPS) is 12.1. The molecule has 0 aromatic heterocycles. The van der Waals surface area contributed by atoms with Gasteiger partial charge in [0.15, 0.2) is 11.6 Å². The number of ketones is 2. The molecule has 162 valence electrons. The van der Waals surface area contributed by atoms with Crippen LogP contribution in [0.15, 0.2) is 48.5 Å². The van der Waals surface area contributed by atoms with Crippen molar-refractivity contribution in [2.45, 2.75) is 52.1 Å². The lowest BCUT2D eigenvalue weighted by Gasteiger charge is -2.15. The molecule has 0 atom stereocenters. The Labute approximate surface area is 177 Å². The van der Waals surface area contributed by atoms with Crippen molar-refractivity contribution < 1.29 is 29.3 Å². The van der Waals surface area contributed by atoms with Crippen LogP contribution in [0.5, 0.6) is 0 Å². The van der Waals surface area contributed by atoms with Crippen molar-refractivity contribution >= 4 is 11.6 Å². The molecule has 0 fully saturated rings. The number of Topliss-reactive ketones (excluding diaryl/α,β-unsaturated/α-hetero) is 2. The minimum absolute atomic E-state index is 0.319. The molecule has 2 N–H and O–H groups in total. The Morgan fingerprint density at radius 1 is 0.667 bits per heavy atom. The number of hydrogen-bond acceptors (Lipinski definition) is 6. The van der Waals surface area contributed by atoms with Crippen LogP contribution >= 0.6 is 0 Å². The molecule has 0 amide bonds. The van der Waals surface area contributed by atoms with E-state index in [4.69, 9.17) is 9.47 Å². The van der Waals surface area contributed by atoms with Gasteiger partial charge in [0.05, 0.1) is 26.4 Å². The lowest BCUT2D eigenvalue weighted by Crippen LogP contribution is -2.31. The zero-order chi connectivity index (χ0) is 22.4. The average molecular weight is 414 g/mol. The minimum Gasteiger partial charge on any atom is -0.382 e. The van der Waals surface area contributed by atoms with Crippen molar-refractivity contribution in [1.82, 2.24) is 0 Å². The lowest BCUT2D eigenvalue weighted by molar-refractivity contribution is 0.0338. The fourth-order valence-corrected chi connectivity index (χ4v) is 2.71. The van der Waals surface area contributed by atoms with Crippen LogP contribution in [-0.4, -0.2) is 46.2 Å². The fraction of sp³-hybridized carbons (Fsp3) is 0.417. The number of aliphatic hydroxyl groups is 2. The molecule has 0 bridgehead atoms.